The summed E-state index contributed by atoms with van der Waals surface area (Å²) in [7, 11) is 3.09. The number of ether oxygens (including phenoxy) is 3. The molecule has 0 saturated heterocycles. The second-order valence-electron chi connectivity index (χ2n) is 7.73. The van der Waals surface area contributed by atoms with E-state index in [2.05, 4.69) is 15.8 Å². The van der Waals surface area contributed by atoms with E-state index in [1.165, 1.54) is 18.9 Å². The van der Waals surface area contributed by atoms with Crippen LogP contribution < -0.4 is 25.0 Å². The number of carbonyl (C=O) groups is 2. The smallest absolute Gasteiger partial charge is 0.240 e. The Kier molecular flexibility index (Phi) is 9.24. The van der Waals surface area contributed by atoms with Gasteiger partial charge in [0.05, 0.1) is 26.1 Å². The SMILES string of the molecule is COc1ccccc1NC(=O)CCC(=O)NN=Cc1ccc(OCc2ccc(C)cc2)c(OC)c1. The van der Waals surface area contributed by atoms with E-state index in [1.54, 1.807) is 37.4 Å². The molecule has 2 N–H and O–H groups in total. The number of hydrogen-bond donors (Lipinski definition) is 2. The van der Waals surface area contributed by atoms with Gasteiger partial charge in [0, 0.05) is 12.8 Å². The average molecular weight is 476 g/mol. The maximum atomic E-state index is 12.1. The fourth-order valence-electron chi connectivity index (χ4n) is 3.15. The summed E-state index contributed by atoms with van der Waals surface area (Å²) in [5.41, 5.74) is 5.96. The maximum Gasteiger partial charge on any atom is 0.240 e. The Hall–Kier alpha value is -4.33. The molecule has 0 fully saturated rings. The molecule has 2 amide bonds. The highest BCUT2D eigenvalue weighted by Gasteiger charge is 2.10. The van der Waals surface area contributed by atoms with Crippen molar-refractivity contribution >= 4 is 23.7 Å². The van der Waals surface area contributed by atoms with Crippen molar-refractivity contribution in [1.82, 2.24) is 5.43 Å². The van der Waals surface area contributed by atoms with E-state index in [0.29, 0.717) is 29.5 Å². The molecule has 0 radical (unpaired) electrons. The number of para-hydroxylation sites is 2. The fraction of sp³-hybridized carbons (Fsp3) is 0.222. The Labute approximate surface area is 204 Å². The third kappa shape index (κ3) is 7.89. The number of methoxy groups -OCH3 is 2. The van der Waals surface area contributed by atoms with Crippen molar-refractivity contribution in [2.45, 2.75) is 26.4 Å². The van der Waals surface area contributed by atoms with E-state index in [0.717, 1.165) is 11.1 Å². The first-order valence-electron chi connectivity index (χ1n) is 11.1. The molecule has 0 aliphatic carbocycles. The van der Waals surface area contributed by atoms with E-state index < -0.39 is 0 Å². The number of rotatable bonds is 11. The Morgan fingerprint density at radius 3 is 2.31 bits per heavy atom. The van der Waals surface area contributed by atoms with Gasteiger partial charge < -0.3 is 19.5 Å². The standard InChI is InChI=1S/C27H29N3O5/c1-19-8-10-20(11-9-19)18-35-24-13-12-21(16-25(24)34-3)17-28-30-27(32)15-14-26(31)29-22-6-4-5-7-23(22)33-2/h4-13,16-17H,14-15,18H2,1-3H3,(H,29,31)(H,30,32). The minimum Gasteiger partial charge on any atom is -0.495 e. The van der Waals surface area contributed by atoms with Crippen LogP contribution in [0, 0.1) is 6.92 Å². The van der Waals surface area contributed by atoms with Gasteiger partial charge in [0.15, 0.2) is 11.5 Å². The van der Waals surface area contributed by atoms with Crippen LogP contribution in [0.15, 0.2) is 71.8 Å². The van der Waals surface area contributed by atoms with Gasteiger partial charge in [0.2, 0.25) is 11.8 Å². The van der Waals surface area contributed by atoms with Crippen LogP contribution in [0.4, 0.5) is 5.69 Å². The van der Waals surface area contributed by atoms with Crippen LogP contribution in [-0.4, -0.2) is 32.2 Å². The van der Waals surface area contributed by atoms with E-state index in [9.17, 15) is 9.59 Å². The van der Waals surface area contributed by atoms with Crippen LogP contribution in [0.1, 0.15) is 29.5 Å². The number of hydrogen-bond acceptors (Lipinski definition) is 6. The number of amides is 2. The molecule has 0 saturated carbocycles. The van der Waals surface area contributed by atoms with Crippen LogP contribution in [0.25, 0.3) is 0 Å². The second-order valence-corrected chi connectivity index (χ2v) is 7.73. The van der Waals surface area contributed by atoms with Crippen molar-refractivity contribution in [3.05, 3.63) is 83.4 Å². The first-order chi connectivity index (χ1) is 17.0. The van der Waals surface area contributed by atoms with Gasteiger partial charge in [-0.1, -0.05) is 42.0 Å². The topological polar surface area (TPSA) is 98.2 Å². The summed E-state index contributed by atoms with van der Waals surface area (Å²) in [4.78, 5) is 24.2. The molecule has 0 aliphatic rings. The van der Waals surface area contributed by atoms with Crippen molar-refractivity contribution in [2.24, 2.45) is 5.10 Å². The Morgan fingerprint density at radius 1 is 0.857 bits per heavy atom. The minimum atomic E-state index is -0.374. The lowest BCUT2D eigenvalue weighted by Gasteiger charge is -2.11. The summed E-state index contributed by atoms with van der Waals surface area (Å²) in [6.07, 6.45) is 1.51. The summed E-state index contributed by atoms with van der Waals surface area (Å²) in [5.74, 6) is 1.05. The van der Waals surface area contributed by atoms with Gasteiger partial charge in [-0.25, -0.2) is 5.43 Å². The molecule has 3 aromatic rings. The van der Waals surface area contributed by atoms with E-state index in [1.807, 2.05) is 43.3 Å². The van der Waals surface area contributed by atoms with Crippen molar-refractivity contribution in [2.75, 3.05) is 19.5 Å². The molecular weight excluding hydrogens is 446 g/mol. The lowest BCUT2D eigenvalue weighted by atomic mass is 10.2. The van der Waals surface area contributed by atoms with E-state index >= 15 is 0 Å². The lowest BCUT2D eigenvalue weighted by molar-refractivity contribution is -0.124. The largest absolute Gasteiger partial charge is 0.495 e. The van der Waals surface area contributed by atoms with E-state index in [4.69, 9.17) is 14.2 Å². The van der Waals surface area contributed by atoms with Gasteiger partial charge in [-0.3, -0.25) is 9.59 Å². The van der Waals surface area contributed by atoms with Crippen LogP contribution in [0.3, 0.4) is 0 Å². The monoisotopic (exact) mass is 475 g/mol. The average Bonchev–Trinajstić information content (AvgIpc) is 2.87. The Balaban J connectivity index is 1.47. The summed E-state index contributed by atoms with van der Waals surface area (Å²) in [6.45, 7) is 2.46. The molecule has 35 heavy (non-hydrogen) atoms. The molecule has 0 atom stereocenters. The number of hydrazone groups is 1. The van der Waals surface area contributed by atoms with Crippen LogP contribution >= 0.6 is 0 Å². The molecule has 0 unspecified atom stereocenters. The molecular formula is C27H29N3O5. The van der Waals surface area contributed by atoms with Crippen LogP contribution in [-0.2, 0) is 16.2 Å². The number of nitrogens with zero attached hydrogens (tertiary/aromatic N) is 1. The normalized spacial score (nSPS) is 10.6. The third-order valence-corrected chi connectivity index (χ3v) is 5.07. The van der Waals surface area contributed by atoms with Crippen molar-refractivity contribution in [3.8, 4) is 17.2 Å². The molecule has 0 heterocycles. The zero-order chi connectivity index (χ0) is 25.0. The number of aryl methyl sites for hydroxylation is 1. The maximum absolute atomic E-state index is 12.1. The predicted molar refractivity (Wildman–Crippen MR) is 135 cm³/mol. The van der Waals surface area contributed by atoms with Crippen LogP contribution in [0.2, 0.25) is 0 Å². The molecule has 182 valence electrons. The Morgan fingerprint density at radius 2 is 1.57 bits per heavy atom. The first-order valence-corrected chi connectivity index (χ1v) is 11.1. The van der Waals surface area contributed by atoms with Crippen molar-refractivity contribution < 1.29 is 23.8 Å². The van der Waals surface area contributed by atoms with Gasteiger partial charge in [-0.15, -0.1) is 0 Å². The zero-order valence-corrected chi connectivity index (χ0v) is 20.0. The molecule has 0 aliphatic heterocycles. The highest BCUT2D eigenvalue weighted by atomic mass is 16.5. The van der Waals surface area contributed by atoms with Crippen molar-refractivity contribution in [1.29, 1.82) is 0 Å². The molecule has 0 aromatic heterocycles. The van der Waals surface area contributed by atoms with Gasteiger partial charge in [-0.2, -0.15) is 5.10 Å². The highest BCUT2D eigenvalue weighted by molar-refractivity contribution is 5.94. The number of carbonyl (C=O) groups excluding carboxylic acids is 2. The summed E-state index contributed by atoms with van der Waals surface area (Å²) >= 11 is 0. The number of benzene rings is 3. The molecule has 8 heteroatoms. The molecule has 8 nitrogen and oxygen atoms in total. The zero-order valence-electron chi connectivity index (χ0n) is 20.0. The van der Waals surface area contributed by atoms with Gasteiger partial charge in [-0.05, 0) is 48.4 Å². The van der Waals surface area contributed by atoms with Gasteiger partial charge in [0.25, 0.3) is 0 Å². The lowest BCUT2D eigenvalue weighted by Crippen LogP contribution is -2.20. The molecule has 3 aromatic carbocycles. The Bertz CT molecular complexity index is 1180. The summed E-state index contributed by atoms with van der Waals surface area (Å²) in [6, 6.07) is 20.6. The van der Waals surface area contributed by atoms with Gasteiger partial charge >= 0.3 is 0 Å². The number of anilines is 1. The minimum absolute atomic E-state index is 0.00652. The molecule has 3 rings (SSSR count). The quantitative estimate of drug-likeness (QED) is 0.315. The van der Waals surface area contributed by atoms with E-state index in [-0.39, 0.29) is 24.7 Å². The predicted octanol–water partition coefficient (Wildman–Crippen LogP) is 4.46. The first kappa shape index (κ1) is 25.3. The summed E-state index contributed by atoms with van der Waals surface area (Å²) in [5, 5.41) is 6.70. The van der Waals surface area contributed by atoms with Crippen molar-refractivity contribution in [3.63, 3.8) is 0 Å². The molecule has 0 spiro atoms. The highest BCUT2D eigenvalue weighted by Crippen LogP contribution is 2.28. The number of nitrogens with one attached hydrogen (secondary N) is 2. The summed E-state index contributed by atoms with van der Waals surface area (Å²) < 4.78 is 16.5. The molecule has 0 bridgehead atoms. The van der Waals surface area contributed by atoms with Gasteiger partial charge in [0.1, 0.15) is 12.4 Å². The third-order valence-electron chi connectivity index (χ3n) is 5.07. The second kappa shape index (κ2) is 12.8. The fourth-order valence-corrected chi connectivity index (χ4v) is 3.15. The van der Waals surface area contributed by atoms with Crippen LogP contribution in [0.5, 0.6) is 17.2 Å².